The van der Waals surface area contributed by atoms with Crippen molar-refractivity contribution in [1.82, 2.24) is 0 Å². The maximum absolute atomic E-state index is 13.0. The zero-order valence-corrected chi connectivity index (χ0v) is 17.6. The molecule has 0 saturated heterocycles. The summed E-state index contributed by atoms with van der Waals surface area (Å²) in [7, 11) is 1.54. The van der Waals surface area contributed by atoms with E-state index in [-0.39, 0.29) is 16.7 Å². The number of methoxy groups -OCH3 is 1. The number of fused-ring (bicyclic) bond motifs is 1. The van der Waals surface area contributed by atoms with Crippen LogP contribution in [0.25, 0.3) is 11.0 Å². The summed E-state index contributed by atoms with van der Waals surface area (Å²) in [6.45, 7) is 0. The van der Waals surface area contributed by atoms with Crippen LogP contribution in [-0.4, -0.2) is 19.0 Å². The topological polar surface area (TPSA) is 104 Å². The van der Waals surface area contributed by atoms with Crippen LogP contribution >= 0.6 is 11.6 Å². The monoisotopic (exact) mass is 447 g/mol. The maximum atomic E-state index is 13.0. The van der Waals surface area contributed by atoms with Gasteiger partial charge >= 0.3 is 0 Å². The Morgan fingerprint density at radius 3 is 2.38 bits per heavy atom. The van der Waals surface area contributed by atoms with E-state index >= 15 is 0 Å². The number of rotatable bonds is 5. The summed E-state index contributed by atoms with van der Waals surface area (Å²) in [5, 5.41) is 15.0. The SMILES string of the molecule is COc1ccc2cc(C(=O)Nc3ccc(Cl)cc3)c(=Nc3ccc(C(=O)[O-])cc3)oc2c1. The molecule has 7 nitrogen and oxygen atoms in total. The number of nitrogens with zero attached hydrogens (tertiary/aromatic N) is 1. The van der Waals surface area contributed by atoms with Crippen LogP contribution in [0.4, 0.5) is 11.4 Å². The lowest BCUT2D eigenvalue weighted by Gasteiger charge is -2.08. The fourth-order valence-corrected chi connectivity index (χ4v) is 3.12. The number of halogens is 1. The number of carbonyl (C=O) groups excluding carboxylic acids is 2. The van der Waals surface area contributed by atoms with E-state index < -0.39 is 11.9 Å². The van der Waals surface area contributed by atoms with Gasteiger partial charge in [-0.05, 0) is 60.2 Å². The van der Waals surface area contributed by atoms with Crippen molar-refractivity contribution >= 4 is 45.8 Å². The third-order valence-electron chi connectivity index (χ3n) is 4.64. The van der Waals surface area contributed by atoms with Crippen LogP contribution in [-0.2, 0) is 0 Å². The smallest absolute Gasteiger partial charge is 0.261 e. The summed E-state index contributed by atoms with van der Waals surface area (Å²) in [6, 6.07) is 19.3. The van der Waals surface area contributed by atoms with Crippen molar-refractivity contribution in [1.29, 1.82) is 0 Å². The van der Waals surface area contributed by atoms with Gasteiger partial charge in [0.2, 0.25) is 5.55 Å². The van der Waals surface area contributed by atoms with Gasteiger partial charge in [-0.3, -0.25) is 4.79 Å². The lowest BCUT2D eigenvalue weighted by molar-refractivity contribution is -0.255. The third kappa shape index (κ3) is 4.63. The molecule has 0 unspecified atom stereocenters. The van der Waals surface area contributed by atoms with Crippen LogP contribution in [0.3, 0.4) is 0 Å². The largest absolute Gasteiger partial charge is 0.545 e. The molecule has 0 saturated carbocycles. The van der Waals surface area contributed by atoms with Gasteiger partial charge in [-0.1, -0.05) is 23.7 Å². The molecular weight excluding hydrogens is 432 g/mol. The zero-order chi connectivity index (χ0) is 22.7. The fourth-order valence-electron chi connectivity index (χ4n) is 2.99. The minimum Gasteiger partial charge on any atom is -0.545 e. The highest BCUT2D eigenvalue weighted by atomic mass is 35.5. The Morgan fingerprint density at radius 1 is 1.00 bits per heavy atom. The molecule has 0 atom stereocenters. The number of nitrogens with one attached hydrogen (secondary N) is 1. The van der Waals surface area contributed by atoms with E-state index in [0.717, 1.165) is 0 Å². The van der Waals surface area contributed by atoms with E-state index in [1.165, 1.54) is 24.3 Å². The number of hydrogen-bond donors (Lipinski definition) is 1. The average Bonchev–Trinajstić information content (AvgIpc) is 2.80. The molecule has 160 valence electrons. The second-order valence-electron chi connectivity index (χ2n) is 6.78. The Kier molecular flexibility index (Phi) is 5.91. The second kappa shape index (κ2) is 8.95. The Hall–Kier alpha value is -4.10. The number of amides is 1. The lowest BCUT2D eigenvalue weighted by atomic mass is 10.1. The van der Waals surface area contributed by atoms with E-state index in [4.69, 9.17) is 20.8 Å². The molecule has 1 amide bonds. The predicted octanol–water partition coefficient (Wildman–Crippen LogP) is 3.94. The second-order valence-corrected chi connectivity index (χ2v) is 7.21. The Morgan fingerprint density at radius 2 is 1.72 bits per heavy atom. The minimum atomic E-state index is -1.29. The summed E-state index contributed by atoms with van der Waals surface area (Å²) in [6.07, 6.45) is 0. The minimum absolute atomic E-state index is 0.0184. The first-order valence-corrected chi connectivity index (χ1v) is 9.86. The number of anilines is 1. The van der Waals surface area contributed by atoms with E-state index in [0.29, 0.717) is 33.1 Å². The van der Waals surface area contributed by atoms with E-state index in [1.54, 1.807) is 55.6 Å². The molecule has 4 rings (SSSR count). The van der Waals surface area contributed by atoms with Crippen molar-refractivity contribution in [3.63, 3.8) is 0 Å². The standard InChI is InChI=1S/C24H17ClN2O5/c1-31-19-11-4-15-12-20(22(28)26-17-9-5-16(25)6-10-17)23(32-21(15)13-19)27-18-7-2-14(3-8-18)24(29)30/h2-13H,1H3,(H,26,28)(H,29,30)/p-1. The first-order chi connectivity index (χ1) is 15.4. The summed E-state index contributed by atoms with van der Waals surface area (Å²) >= 11 is 5.91. The van der Waals surface area contributed by atoms with Crippen LogP contribution in [0.2, 0.25) is 5.02 Å². The van der Waals surface area contributed by atoms with Crippen molar-refractivity contribution in [2.75, 3.05) is 12.4 Å². The molecule has 0 aliphatic rings. The number of carbonyl (C=O) groups is 2. The molecule has 1 aromatic heterocycles. The van der Waals surface area contributed by atoms with Crippen molar-refractivity contribution in [3.05, 3.63) is 94.5 Å². The van der Waals surface area contributed by atoms with E-state index in [9.17, 15) is 14.7 Å². The Bertz CT molecular complexity index is 1380. The Labute approximate surface area is 187 Å². The molecule has 0 radical (unpaired) electrons. The highest BCUT2D eigenvalue weighted by Gasteiger charge is 2.14. The predicted molar refractivity (Wildman–Crippen MR) is 118 cm³/mol. The first kappa shape index (κ1) is 21.1. The van der Waals surface area contributed by atoms with Gasteiger partial charge in [-0.2, -0.15) is 0 Å². The number of benzene rings is 3. The quantitative estimate of drug-likeness (QED) is 0.499. The molecule has 3 aromatic carbocycles. The van der Waals surface area contributed by atoms with Gasteiger partial charge in [0.15, 0.2) is 0 Å². The molecule has 4 aromatic rings. The van der Waals surface area contributed by atoms with Crippen LogP contribution in [0.1, 0.15) is 20.7 Å². The van der Waals surface area contributed by atoms with Gasteiger partial charge in [-0.25, -0.2) is 4.99 Å². The van der Waals surface area contributed by atoms with Crippen LogP contribution in [0.15, 0.2) is 82.2 Å². The molecule has 1 N–H and O–H groups in total. The highest BCUT2D eigenvalue weighted by molar-refractivity contribution is 6.30. The van der Waals surface area contributed by atoms with Crippen molar-refractivity contribution < 1.29 is 23.8 Å². The van der Waals surface area contributed by atoms with Crippen molar-refractivity contribution in [2.45, 2.75) is 0 Å². The molecule has 32 heavy (non-hydrogen) atoms. The van der Waals surface area contributed by atoms with Gasteiger partial charge in [0.1, 0.15) is 16.9 Å². The van der Waals surface area contributed by atoms with Crippen molar-refractivity contribution in [3.8, 4) is 5.75 Å². The molecule has 1 heterocycles. The highest BCUT2D eigenvalue weighted by Crippen LogP contribution is 2.22. The number of carboxylic acid groups (broad SMARTS) is 1. The molecular formula is C24H16ClN2O5-. The van der Waals surface area contributed by atoms with Crippen LogP contribution in [0.5, 0.6) is 5.75 Å². The fraction of sp³-hybridized carbons (Fsp3) is 0.0417. The molecule has 0 aliphatic carbocycles. The van der Waals surface area contributed by atoms with Gasteiger partial charge in [-0.15, -0.1) is 0 Å². The molecule has 0 spiro atoms. The van der Waals surface area contributed by atoms with E-state index in [2.05, 4.69) is 10.3 Å². The summed E-state index contributed by atoms with van der Waals surface area (Å²) in [4.78, 5) is 28.4. The van der Waals surface area contributed by atoms with Gasteiger partial charge < -0.3 is 24.4 Å². The van der Waals surface area contributed by atoms with Crippen LogP contribution < -0.4 is 20.7 Å². The number of hydrogen-bond acceptors (Lipinski definition) is 6. The number of ether oxygens (including phenoxy) is 1. The van der Waals surface area contributed by atoms with Gasteiger partial charge in [0.05, 0.1) is 18.8 Å². The normalized spacial score (nSPS) is 11.4. The summed E-state index contributed by atoms with van der Waals surface area (Å²) < 4.78 is 11.2. The van der Waals surface area contributed by atoms with Gasteiger partial charge in [0, 0.05) is 22.2 Å². The molecule has 0 fully saturated rings. The van der Waals surface area contributed by atoms with Crippen LogP contribution in [0, 0.1) is 0 Å². The van der Waals surface area contributed by atoms with Gasteiger partial charge in [0.25, 0.3) is 5.91 Å². The van der Waals surface area contributed by atoms with Crippen molar-refractivity contribution in [2.24, 2.45) is 4.99 Å². The first-order valence-electron chi connectivity index (χ1n) is 9.48. The molecule has 8 heteroatoms. The lowest BCUT2D eigenvalue weighted by Crippen LogP contribution is -2.22. The number of aromatic carboxylic acids is 1. The maximum Gasteiger partial charge on any atom is 0.261 e. The molecule has 0 aliphatic heterocycles. The molecule has 0 bridgehead atoms. The average molecular weight is 448 g/mol. The summed E-state index contributed by atoms with van der Waals surface area (Å²) in [5.74, 6) is -1.13. The van der Waals surface area contributed by atoms with E-state index in [1.807, 2.05) is 0 Å². The zero-order valence-electron chi connectivity index (χ0n) is 16.8. The number of carboxylic acids is 1. The third-order valence-corrected chi connectivity index (χ3v) is 4.89. The Balaban J connectivity index is 1.82. The summed E-state index contributed by atoms with van der Waals surface area (Å²) in [5.41, 5.74) is 1.70.